The van der Waals surface area contributed by atoms with Crippen LogP contribution in [0.4, 0.5) is 5.95 Å². The first-order valence-corrected chi connectivity index (χ1v) is 19.4. The topological polar surface area (TPSA) is 76.1 Å². The number of amides is 2. The highest BCUT2D eigenvalue weighted by Gasteiger charge is 2.77. The van der Waals surface area contributed by atoms with Gasteiger partial charge in [-0.25, -0.2) is 9.88 Å². The zero-order valence-electron chi connectivity index (χ0n) is 31.4. The largest absolute Gasteiger partial charge is 0.272 e. The minimum atomic E-state index is -1.47. The summed E-state index contributed by atoms with van der Waals surface area (Å²) >= 11 is 0. The first-order chi connectivity index (χ1) is 28.1. The maximum atomic E-state index is 16.2. The molecule has 1 fully saturated rings. The highest BCUT2D eigenvalue weighted by molar-refractivity contribution is 6.34. The summed E-state index contributed by atoms with van der Waals surface area (Å²) < 4.78 is 0. The minimum absolute atomic E-state index is 0.0102. The second kappa shape index (κ2) is 13.2. The molecule has 2 heterocycles. The Hall–Kier alpha value is -7.31. The fourth-order valence-electron chi connectivity index (χ4n) is 9.45. The zero-order chi connectivity index (χ0) is 38.7. The minimum Gasteiger partial charge on any atom is -0.272 e. The normalized spacial score (nSPS) is 14.8. The van der Waals surface area contributed by atoms with Gasteiger partial charge < -0.3 is 0 Å². The van der Waals surface area contributed by atoms with E-state index in [4.69, 9.17) is 15.0 Å². The van der Waals surface area contributed by atoms with E-state index in [9.17, 15) is 0 Å². The first kappa shape index (κ1) is 34.2. The number of benzene rings is 7. The molecule has 0 unspecified atom stereocenters. The maximum absolute atomic E-state index is 16.2. The van der Waals surface area contributed by atoms with E-state index in [0.29, 0.717) is 11.6 Å². The molecule has 2 aliphatic carbocycles. The van der Waals surface area contributed by atoms with Gasteiger partial charge in [-0.2, -0.15) is 9.97 Å². The van der Waals surface area contributed by atoms with Gasteiger partial charge in [-0.15, -0.1) is 0 Å². The highest BCUT2D eigenvalue weighted by Crippen LogP contribution is 2.68. The number of rotatable bonds is 4. The second-order valence-corrected chi connectivity index (χ2v) is 14.2. The summed E-state index contributed by atoms with van der Waals surface area (Å²) in [6.07, 6.45) is 0. The van der Waals surface area contributed by atoms with Gasteiger partial charge in [-0.1, -0.05) is 190 Å². The molecule has 0 N–H and O–H groups in total. The number of hydrogen-bond donors (Lipinski definition) is 0. The summed E-state index contributed by atoms with van der Waals surface area (Å²) in [5.41, 5.74) is 7.47. The summed E-state index contributed by atoms with van der Waals surface area (Å²) in [5.74, 6) is -0.0763. The number of hydrogen-bond acceptors (Lipinski definition) is 5. The Morgan fingerprint density at radius 3 is 1.18 bits per heavy atom. The number of fused-ring (bicyclic) bond motifs is 11. The molecule has 0 radical (unpaired) electrons. The molecule has 8 aromatic rings. The van der Waals surface area contributed by atoms with Crippen LogP contribution in [0, 0.1) is 0 Å². The van der Waals surface area contributed by atoms with Crippen molar-refractivity contribution in [2.24, 2.45) is 0 Å². The van der Waals surface area contributed by atoms with E-state index in [1.807, 2.05) is 159 Å². The van der Waals surface area contributed by atoms with Crippen LogP contribution in [0.5, 0.6) is 0 Å². The van der Waals surface area contributed by atoms with Gasteiger partial charge in [0.2, 0.25) is 5.95 Å². The van der Waals surface area contributed by atoms with Gasteiger partial charge in [0.25, 0.3) is 11.8 Å². The number of nitrogens with zero attached hydrogens (tertiary/aromatic N) is 4. The molecule has 6 heteroatoms. The van der Waals surface area contributed by atoms with Gasteiger partial charge in [0.1, 0.15) is 10.8 Å². The highest BCUT2D eigenvalue weighted by atomic mass is 16.2. The van der Waals surface area contributed by atoms with Crippen molar-refractivity contribution in [1.29, 1.82) is 0 Å². The van der Waals surface area contributed by atoms with Crippen LogP contribution < -0.4 is 4.90 Å². The van der Waals surface area contributed by atoms with Gasteiger partial charge in [0.15, 0.2) is 11.6 Å². The zero-order valence-corrected chi connectivity index (χ0v) is 31.4. The molecule has 57 heavy (non-hydrogen) atoms. The Balaban J connectivity index is 0.00000195. The van der Waals surface area contributed by atoms with Crippen molar-refractivity contribution in [3.63, 3.8) is 0 Å². The third kappa shape index (κ3) is 4.61. The molecule has 1 saturated heterocycles. The lowest BCUT2D eigenvalue weighted by molar-refractivity contribution is -0.122. The molecule has 272 valence electrons. The SMILES string of the molecule is CC.O=C1N(c2nc(-c3ccccc3)nc(-c3cccc(-c4ccccc4)c3)n2)C(=O)C2(c3ccccc3-c3ccccc32)C12c1ccccc1-c1ccccc12. The van der Waals surface area contributed by atoms with Crippen molar-refractivity contribution in [2.45, 2.75) is 24.7 Å². The molecule has 2 amide bonds. The van der Waals surface area contributed by atoms with Crippen LogP contribution in [0.25, 0.3) is 56.2 Å². The molecule has 7 aromatic carbocycles. The van der Waals surface area contributed by atoms with E-state index in [2.05, 4.69) is 36.4 Å². The Labute approximate surface area is 331 Å². The smallest absolute Gasteiger partial charge is 0.253 e. The van der Waals surface area contributed by atoms with Gasteiger partial charge >= 0.3 is 0 Å². The molecule has 11 rings (SSSR count). The summed E-state index contributed by atoms with van der Waals surface area (Å²) in [4.78, 5) is 48.6. The third-order valence-corrected chi connectivity index (χ3v) is 11.6. The summed E-state index contributed by atoms with van der Waals surface area (Å²) in [7, 11) is 0. The van der Waals surface area contributed by atoms with Crippen LogP contribution in [0.3, 0.4) is 0 Å². The lowest BCUT2D eigenvalue weighted by atomic mass is 9.55. The van der Waals surface area contributed by atoms with Crippen LogP contribution >= 0.6 is 0 Å². The van der Waals surface area contributed by atoms with E-state index in [-0.39, 0.29) is 5.95 Å². The van der Waals surface area contributed by atoms with E-state index in [1.54, 1.807) is 0 Å². The quantitative estimate of drug-likeness (QED) is 0.168. The molecule has 0 saturated carbocycles. The molecular weight excluding hydrogens is 701 g/mol. The Morgan fingerprint density at radius 2 is 0.719 bits per heavy atom. The number of carbonyl (C=O) groups excluding carboxylic acids is 2. The van der Waals surface area contributed by atoms with Crippen molar-refractivity contribution in [3.8, 4) is 56.2 Å². The molecule has 0 bridgehead atoms. The van der Waals surface area contributed by atoms with Gasteiger partial charge in [-0.05, 0) is 61.7 Å². The Kier molecular flexibility index (Phi) is 7.90. The molecule has 0 atom stereocenters. The number of aromatic nitrogens is 3. The second-order valence-electron chi connectivity index (χ2n) is 14.2. The summed E-state index contributed by atoms with van der Waals surface area (Å²) in [6, 6.07) is 59.8. The molecule has 1 aliphatic heterocycles. The number of carbonyl (C=O) groups is 2. The van der Waals surface area contributed by atoms with Crippen molar-refractivity contribution in [3.05, 3.63) is 204 Å². The summed E-state index contributed by atoms with van der Waals surface area (Å²) in [5, 5.41) is 0. The Morgan fingerprint density at radius 1 is 0.368 bits per heavy atom. The number of anilines is 1. The summed E-state index contributed by atoms with van der Waals surface area (Å²) in [6.45, 7) is 4.00. The van der Waals surface area contributed by atoms with Crippen molar-refractivity contribution >= 4 is 17.8 Å². The predicted octanol–water partition coefficient (Wildman–Crippen LogP) is 10.7. The van der Waals surface area contributed by atoms with E-state index in [1.165, 1.54) is 4.90 Å². The fourth-order valence-corrected chi connectivity index (χ4v) is 9.45. The third-order valence-electron chi connectivity index (χ3n) is 11.6. The van der Waals surface area contributed by atoms with Crippen LogP contribution in [0.1, 0.15) is 36.1 Å². The van der Waals surface area contributed by atoms with Gasteiger partial charge in [0, 0.05) is 11.1 Å². The number of imide groups is 1. The average molecular weight is 737 g/mol. The van der Waals surface area contributed by atoms with Crippen molar-refractivity contribution in [1.82, 2.24) is 15.0 Å². The first-order valence-electron chi connectivity index (χ1n) is 19.4. The molecule has 2 spiro atoms. The lowest BCUT2D eigenvalue weighted by Crippen LogP contribution is -2.51. The molecule has 6 nitrogen and oxygen atoms in total. The van der Waals surface area contributed by atoms with E-state index < -0.39 is 22.6 Å². The van der Waals surface area contributed by atoms with E-state index in [0.717, 1.165) is 66.8 Å². The van der Waals surface area contributed by atoms with Crippen LogP contribution in [-0.4, -0.2) is 26.8 Å². The molecular formula is C51H36N4O2. The van der Waals surface area contributed by atoms with Gasteiger partial charge in [-0.3, -0.25) is 9.59 Å². The van der Waals surface area contributed by atoms with Crippen molar-refractivity contribution in [2.75, 3.05) is 4.90 Å². The monoisotopic (exact) mass is 736 g/mol. The van der Waals surface area contributed by atoms with Crippen LogP contribution in [-0.2, 0) is 20.4 Å². The van der Waals surface area contributed by atoms with Crippen molar-refractivity contribution < 1.29 is 9.59 Å². The standard InChI is InChI=1S/C49H30N4O2.C2H6/c54-45-48(39-26-11-7-22-35(39)36-23-8-12-27-40(36)48)49(41-28-13-9-24-37(41)38-25-10-14-29-42(38)49)46(55)53(45)47-51-43(32-18-5-2-6-19-32)50-44(52-47)34-21-15-20-33(30-34)31-16-3-1-4-17-31;1-2/h1-30H;1-2H3. The molecule has 1 aromatic heterocycles. The molecule has 3 aliphatic rings. The maximum Gasteiger partial charge on any atom is 0.253 e. The van der Waals surface area contributed by atoms with Crippen LogP contribution in [0.2, 0.25) is 0 Å². The fraction of sp³-hybridized carbons (Fsp3) is 0.0784. The Bertz CT molecular complexity index is 2680. The lowest BCUT2D eigenvalue weighted by Gasteiger charge is -2.39. The van der Waals surface area contributed by atoms with Crippen LogP contribution in [0.15, 0.2) is 182 Å². The predicted molar refractivity (Wildman–Crippen MR) is 225 cm³/mol. The average Bonchev–Trinajstić information content (AvgIpc) is 3.84. The van der Waals surface area contributed by atoms with Gasteiger partial charge in [0.05, 0.1) is 0 Å². The van der Waals surface area contributed by atoms with E-state index >= 15 is 9.59 Å².